The summed E-state index contributed by atoms with van der Waals surface area (Å²) in [4.78, 5) is 27.6. The second kappa shape index (κ2) is 7.40. The summed E-state index contributed by atoms with van der Waals surface area (Å²) in [6.45, 7) is 4.38. The van der Waals surface area contributed by atoms with Gasteiger partial charge in [0.1, 0.15) is 5.37 Å². The van der Waals surface area contributed by atoms with Crippen molar-refractivity contribution < 1.29 is 9.59 Å². The Kier molecular flexibility index (Phi) is 5.26. The number of hydrogen-bond donors (Lipinski definition) is 1. The molecule has 2 heterocycles. The summed E-state index contributed by atoms with van der Waals surface area (Å²) in [7, 11) is 0. The molecule has 2 aromatic rings. The average Bonchev–Trinajstić information content (AvgIpc) is 3.18. The van der Waals surface area contributed by atoms with E-state index in [2.05, 4.69) is 5.32 Å². The summed E-state index contributed by atoms with van der Waals surface area (Å²) >= 11 is 3.30. The fourth-order valence-electron chi connectivity index (χ4n) is 2.64. The van der Waals surface area contributed by atoms with Crippen LogP contribution < -0.4 is 5.32 Å². The van der Waals surface area contributed by atoms with Gasteiger partial charge in [0.05, 0.1) is 5.25 Å². The Labute approximate surface area is 150 Å². The molecule has 1 saturated heterocycles. The van der Waals surface area contributed by atoms with Crippen LogP contribution in [0.2, 0.25) is 0 Å². The van der Waals surface area contributed by atoms with Crippen LogP contribution in [0.25, 0.3) is 0 Å². The largest absolute Gasteiger partial charge is 0.326 e. The van der Waals surface area contributed by atoms with Crippen molar-refractivity contribution in [2.75, 3.05) is 11.9 Å². The maximum Gasteiger partial charge on any atom is 0.236 e. The van der Waals surface area contributed by atoms with Gasteiger partial charge in [-0.15, -0.1) is 23.1 Å². The summed E-state index contributed by atoms with van der Waals surface area (Å²) in [6, 6.07) is 11.8. The van der Waals surface area contributed by atoms with Gasteiger partial charge < -0.3 is 10.2 Å². The van der Waals surface area contributed by atoms with Crippen molar-refractivity contribution in [3.8, 4) is 0 Å². The highest BCUT2D eigenvalue weighted by atomic mass is 32.2. The first-order chi connectivity index (χ1) is 11.5. The van der Waals surface area contributed by atoms with Gasteiger partial charge in [0.15, 0.2) is 0 Å². The Morgan fingerprint density at radius 1 is 1.25 bits per heavy atom. The van der Waals surface area contributed by atoms with Crippen molar-refractivity contribution in [1.82, 2.24) is 4.90 Å². The molecule has 6 heteroatoms. The second-order valence-electron chi connectivity index (χ2n) is 5.84. The number of thiophene rings is 1. The Morgan fingerprint density at radius 2 is 2.00 bits per heavy atom. The van der Waals surface area contributed by atoms with Crippen molar-refractivity contribution in [2.45, 2.75) is 30.9 Å². The van der Waals surface area contributed by atoms with Crippen LogP contribution in [0.4, 0.5) is 5.69 Å². The Morgan fingerprint density at radius 3 is 2.67 bits per heavy atom. The summed E-state index contributed by atoms with van der Waals surface area (Å²) in [5, 5.41) is 4.88. The molecule has 0 unspecified atom stereocenters. The first kappa shape index (κ1) is 17.0. The van der Waals surface area contributed by atoms with Crippen molar-refractivity contribution in [1.29, 1.82) is 0 Å². The van der Waals surface area contributed by atoms with Crippen LogP contribution in [0.3, 0.4) is 0 Å². The number of nitrogens with zero attached hydrogens (tertiary/aromatic N) is 1. The van der Waals surface area contributed by atoms with Gasteiger partial charge in [-0.05, 0) is 37.4 Å². The average molecular weight is 361 g/mol. The topological polar surface area (TPSA) is 49.4 Å². The van der Waals surface area contributed by atoms with E-state index in [-0.39, 0.29) is 22.4 Å². The number of rotatable bonds is 5. The van der Waals surface area contributed by atoms with E-state index in [4.69, 9.17) is 0 Å². The van der Waals surface area contributed by atoms with Gasteiger partial charge in [0.25, 0.3) is 0 Å². The van der Waals surface area contributed by atoms with Crippen LogP contribution in [0.5, 0.6) is 0 Å². The number of carbonyl (C=O) groups excluding carboxylic acids is 2. The van der Waals surface area contributed by atoms with Crippen molar-refractivity contribution in [3.05, 3.63) is 52.2 Å². The molecule has 2 amide bonds. The minimum atomic E-state index is -0.0684. The van der Waals surface area contributed by atoms with Crippen LogP contribution in [0.15, 0.2) is 41.8 Å². The maximum atomic E-state index is 12.4. The quantitative estimate of drug-likeness (QED) is 0.875. The molecule has 3 rings (SSSR count). The molecule has 24 heavy (non-hydrogen) atoms. The number of carbonyl (C=O) groups is 2. The Hall–Kier alpha value is -1.79. The molecular weight excluding hydrogens is 340 g/mol. The van der Waals surface area contributed by atoms with Gasteiger partial charge in [-0.2, -0.15) is 0 Å². The lowest BCUT2D eigenvalue weighted by atomic mass is 10.2. The van der Waals surface area contributed by atoms with E-state index in [0.717, 1.165) is 16.1 Å². The Balaban J connectivity index is 1.60. The normalized spacial score (nSPS) is 20.4. The summed E-state index contributed by atoms with van der Waals surface area (Å²) < 4.78 is 0. The third-order valence-electron chi connectivity index (χ3n) is 3.95. The number of aryl methyl sites for hydroxylation is 1. The molecule has 0 spiro atoms. The van der Waals surface area contributed by atoms with E-state index in [9.17, 15) is 9.59 Å². The molecule has 126 valence electrons. The Bertz CT molecular complexity index is 713. The maximum absolute atomic E-state index is 12.4. The predicted molar refractivity (Wildman–Crippen MR) is 100 cm³/mol. The molecule has 2 atom stereocenters. The van der Waals surface area contributed by atoms with Crippen LogP contribution >= 0.6 is 23.1 Å². The number of amides is 2. The molecule has 4 nitrogen and oxygen atoms in total. The van der Waals surface area contributed by atoms with Crippen LogP contribution in [0.1, 0.15) is 29.2 Å². The van der Waals surface area contributed by atoms with E-state index >= 15 is 0 Å². The standard InChI is InChI=1S/C18H20N2O2S2/c1-12-5-7-14(8-6-12)19-16(21)9-10-20-17(22)13(2)24-18(20)15-4-3-11-23-15/h3-8,11,13,18H,9-10H2,1-2H3,(H,19,21)/t13-,18-/m0/s1. The smallest absolute Gasteiger partial charge is 0.236 e. The number of hydrogen-bond acceptors (Lipinski definition) is 4. The van der Waals surface area contributed by atoms with Crippen molar-refractivity contribution in [2.24, 2.45) is 0 Å². The number of benzene rings is 1. The predicted octanol–water partition coefficient (Wildman–Crippen LogP) is 4.05. The van der Waals surface area contributed by atoms with E-state index < -0.39 is 0 Å². The molecule has 1 aliphatic rings. The fraction of sp³-hybridized carbons (Fsp3) is 0.333. The van der Waals surface area contributed by atoms with Gasteiger partial charge >= 0.3 is 0 Å². The zero-order chi connectivity index (χ0) is 17.1. The van der Waals surface area contributed by atoms with Crippen molar-refractivity contribution >= 4 is 40.6 Å². The van der Waals surface area contributed by atoms with Crippen molar-refractivity contribution in [3.63, 3.8) is 0 Å². The number of thioether (sulfide) groups is 1. The van der Waals surface area contributed by atoms with E-state index in [0.29, 0.717) is 13.0 Å². The lowest BCUT2D eigenvalue weighted by molar-refractivity contribution is -0.130. The lowest BCUT2D eigenvalue weighted by Gasteiger charge is -2.22. The molecule has 1 aromatic heterocycles. The molecule has 0 bridgehead atoms. The number of anilines is 1. The van der Waals surface area contributed by atoms with Gasteiger partial charge in [-0.3, -0.25) is 9.59 Å². The zero-order valence-electron chi connectivity index (χ0n) is 13.7. The van der Waals surface area contributed by atoms with Gasteiger partial charge in [0.2, 0.25) is 11.8 Å². The van der Waals surface area contributed by atoms with Crippen LogP contribution in [-0.2, 0) is 9.59 Å². The SMILES string of the molecule is Cc1ccc(NC(=O)CCN2C(=O)[C@H](C)S[C@H]2c2cccs2)cc1. The summed E-state index contributed by atoms with van der Waals surface area (Å²) in [5.74, 6) is 0.0441. The highest BCUT2D eigenvalue weighted by molar-refractivity contribution is 8.01. The first-order valence-electron chi connectivity index (χ1n) is 7.90. The molecular formula is C18H20N2O2S2. The molecule has 1 fully saturated rings. The third kappa shape index (κ3) is 3.82. The summed E-state index contributed by atoms with van der Waals surface area (Å²) in [5.41, 5.74) is 1.94. The van der Waals surface area contributed by atoms with E-state index in [1.54, 1.807) is 23.1 Å². The molecule has 0 saturated carbocycles. The highest BCUT2D eigenvalue weighted by Gasteiger charge is 2.38. The highest BCUT2D eigenvalue weighted by Crippen LogP contribution is 2.44. The monoisotopic (exact) mass is 360 g/mol. The van der Waals surface area contributed by atoms with Crippen LogP contribution in [-0.4, -0.2) is 28.5 Å². The second-order valence-corrected chi connectivity index (χ2v) is 8.25. The first-order valence-corrected chi connectivity index (χ1v) is 9.72. The van der Waals surface area contributed by atoms with Crippen LogP contribution in [0, 0.1) is 6.92 Å². The molecule has 1 N–H and O–H groups in total. The minimum Gasteiger partial charge on any atom is -0.326 e. The molecule has 1 aliphatic heterocycles. The molecule has 0 radical (unpaired) electrons. The zero-order valence-corrected chi connectivity index (χ0v) is 15.3. The van der Waals surface area contributed by atoms with Gasteiger partial charge in [-0.25, -0.2) is 0 Å². The van der Waals surface area contributed by atoms with E-state index in [1.165, 1.54) is 0 Å². The summed E-state index contributed by atoms with van der Waals surface area (Å²) in [6.07, 6.45) is 0.300. The molecule has 1 aromatic carbocycles. The van der Waals surface area contributed by atoms with Gasteiger partial charge in [0, 0.05) is 23.5 Å². The fourth-order valence-corrected chi connectivity index (χ4v) is 4.89. The number of nitrogens with one attached hydrogen (secondary N) is 1. The van der Waals surface area contributed by atoms with Gasteiger partial charge in [-0.1, -0.05) is 23.8 Å². The molecule has 0 aliphatic carbocycles. The lowest BCUT2D eigenvalue weighted by Crippen LogP contribution is -2.33. The third-order valence-corrected chi connectivity index (χ3v) is 6.40. The van der Waals surface area contributed by atoms with E-state index in [1.807, 2.05) is 60.5 Å². The minimum absolute atomic E-state index is 0.0275.